The SMILES string of the molecule is CC.CCCN(CCC)c1nc(OCCN2CCOCC2)cc(C(=O)Nc2cc(-c3cccs3)[nH]n2)n1. The zero-order chi connectivity index (χ0) is 26.5. The molecular weight excluding hydrogens is 490 g/mol. The minimum atomic E-state index is -0.358. The quantitative estimate of drug-likeness (QED) is 0.352. The molecule has 1 aliphatic heterocycles. The van der Waals surface area contributed by atoms with Gasteiger partial charge >= 0.3 is 0 Å². The van der Waals surface area contributed by atoms with Crippen LogP contribution in [-0.4, -0.2) is 83.5 Å². The molecule has 0 saturated carbocycles. The molecular formula is C26H39N7O3S. The first-order valence-electron chi connectivity index (χ1n) is 13.1. The van der Waals surface area contributed by atoms with E-state index in [2.05, 4.69) is 49.1 Å². The molecule has 11 heteroatoms. The van der Waals surface area contributed by atoms with Gasteiger partial charge < -0.3 is 19.7 Å². The van der Waals surface area contributed by atoms with E-state index < -0.39 is 0 Å². The van der Waals surface area contributed by atoms with Gasteiger partial charge in [-0.25, -0.2) is 4.98 Å². The Hall–Kier alpha value is -3.02. The van der Waals surface area contributed by atoms with Gasteiger partial charge in [0.15, 0.2) is 5.82 Å². The lowest BCUT2D eigenvalue weighted by Gasteiger charge is -2.26. The maximum absolute atomic E-state index is 13.1. The topological polar surface area (TPSA) is 108 Å². The minimum Gasteiger partial charge on any atom is -0.476 e. The summed E-state index contributed by atoms with van der Waals surface area (Å²) < 4.78 is 11.4. The Morgan fingerprint density at radius 3 is 2.62 bits per heavy atom. The number of amides is 1. The van der Waals surface area contributed by atoms with Gasteiger partial charge in [0.05, 0.1) is 23.8 Å². The second kappa shape index (κ2) is 15.3. The van der Waals surface area contributed by atoms with E-state index in [1.165, 1.54) is 0 Å². The van der Waals surface area contributed by atoms with E-state index >= 15 is 0 Å². The highest BCUT2D eigenvalue weighted by Crippen LogP contribution is 2.25. The second-order valence-corrected chi connectivity index (χ2v) is 9.23. The van der Waals surface area contributed by atoms with E-state index in [1.807, 2.05) is 37.4 Å². The Kier molecular flexibility index (Phi) is 11.8. The van der Waals surface area contributed by atoms with Gasteiger partial charge in [0.25, 0.3) is 5.91 Å². The van der Waals surface area contributed by atoms with Crippen LogP contribution in [-0.2, 0) is 4.74 Å². The summed E-state index contributed by atoms with van der Waals surface area (Å²) in [5.41, 5.74) is 1.09. The third-order valence-electron chi connectivity index (χ3n) is 5.56. The molecule has 1 saturated heterocycles. The Balaban J connectivity index is 0.00000186. The van der Waals surface area contributed by atoms with Crippen LogP contribution in [0.15, 0.2) is 29.6 Å². The average molecular weight is 530 g/mol. The number of thiophene rings is 1. The fourth-order valence-corrected chi connectivity index (χ4v) is 4.52. The summed E-state index contributed by atoms with van der Waals surface area (Å²) in [7, 11) is 0. The number of aromatic amines is 1. The van der Waals surface area contributed by atoms with Crippen LogP contribution in [0.1, 0.15) is 51.0 Å². The summed E-state index contributed by atoms with van der Waals surface area (Å²) in [6, 6.07) is 7.38. The number of rotatable bonds is 12. The lowest BCUT2D eigenvalue weighted by Crippen LogP contribution is -2.38. The van der Waals surface area contributed by atoms with Crippen molar-refractivity contribution in [1.82, 2.24) is 25.1 Å². The fourth-order valence-electron chi connectivity index (χ4n) is 3.82. The number of hydrogen-bond acceptors (Lipinski definition) is 9. The number of carbonyl (C=O) groups is 1. The van der Waals surface area contributed by atoms with Gasteiger partial charge in [0, 0.05) is 44.9 Å². The number of carbonyl (C=O) groups excluding carboxylic acids is 1. The van der Waals surface area contributed by atoms with Crippen LogP contribution < -0.4 is 15.0 Å². The zero-order valence-electron chi connectivity index (χ0n) is 22.3. The van der Waals surface area contributed by atoms with Gasteiger partial charge in [-0.15, -0.1) is 11.3 Å². The molecule has 1 amide bonds. The largest absolute Gasteiger partial charge is 0.476 e. The highest BCUT2D eigenvalue weighted by atomic mass is 32.1. The first-order chi connectivity index (χ1) is 18.2. The van der Waals surface area contributed by atoms with Crippen molar-refractivity contribution in [2.45, 2.75) is 40.5 Å². The first-order valence-corrected chi connectivity index (χ1v) is 14.0. The molecule has 1 aliphatic rings. The highest BCUT2D eigenvalue weighted by molar-refractivity contribution is 7.13. The summed E-state index contributed by atoms with van der Waals surface area (Å²) >= 11 is 1.60. The van der Waals surface area contributed by atoms with Crippen molar-refractivity contribution >= 4 is 29.0 Å². The highest BCUT2D eigenvalue weighted by Gasteiger charge is 2.18. The standard InChI is InChI=1S/C24H33N7O3S.C2H6/c1-3-7-31(8-4-2)24-25-19(17-22(27-24)34-14-11-30-9-12-33-13-10-30)23(32)26-21-16-18(28-29-21)20-6-5-15-35-20;1-2/h5-6,15-17H,3-4,7-14H2,1-2H3,(H2,26,28,29,32);1-2H3. The molecule has 10 nitrogen and oxygen atoms in total. The van der Waals surface area contributed by atoms with Crippen LogP contribution in [0.5, 0.6) is 5.88 Å². The molecule has 0 atom stereocenters. The molecule has 37 heavy (non-hydrogen) atoms. The molecule has 0 radical (unpaired) electrons. The molecule has 2 N–H and O–H groups in total. The summed E-state index contributed by atoms with van der Waals surface area (Å²) in [5.74, 6) is 0.979. The van der Waals surface area contributed by atoms with Gasteiger partial charge in [-0.3, -0.25) is 14.8 Å². The van der Waals surface area contributed by atoms with Crippen LogP contribution in [0, 0.1) is 0 Å². The molecule has 0 aromatic carbocycles. The van der Waals surface area contributed by atoms with Crippen molar-refractivity contribution in [2.24, 2.45) is 0 Å². The smallest absolute Gasteiger partial charge is 0.275 e. The Morgan fingerprint density at radius 1 is 1.19 bits per heavy atom. The third-order valence-corrected chi connectivity index (χ3v) is 6.46. The minimum absolute atomic E-state index is 0.245. The average Bonchev–Trinajstić information content (AvgIpc) is 3.63. The van der Waals surface area contributed by atoms with Crippen molar-refractivity contribution in [3.8, 4) is 16.5 Å². The van der Waals surface area contributed by atoms with Crippen molar-refractivity contribution in [3.63, 3.8) is 0 Å². The molecule has 0 spiro atoms. The Labute approximate surface area is 223 Å². The lowest BCUT2D eigenvalue weighted by atomic mass is 10.3. The van der Waals surface area contributed by atoms with E-state index in [4.69, 9.17) is 9.47 Å². The summed E-state index contributed by atoms with van der Waals surface area (Å²) in [6.07, 6.45) is 1.90. The predicted octanol–water partition coefficient (Wildman–Crippen LogP) is 4.54. The maximum atomic E-state index is 13.1. The number of H-pyrrole nitrogens is 1. The van der Waals surface area contributed by atoms with Gasteiger partial charge in [-0.1, -0.05) is 33.8 Å². The van der Waals surface area contributed by atoms with Crippen molar-refractivity contribution in [3.05, 3.63) is 35.3 Å². The number of anilines is 2. The first kappa shape index (κ1) is 28.5. The summed E-state index contributed by atoms with van der Waals surface area (Å²) in [5, 5.41) is 12.0. The summed E-state index contributed by atoms with van der Waals surface area (Å²) in [4.78, 5) is 27.8. The molecule has 3 aromatic heterocycles. The van der Waals surface area contributed by atoms with E-state index in [1.54, 1.807) is 17.4 Å². The molecule has 4 rings (SSSR count). The normalized spacial score (nSPS) is 13.5. The van der Waals surface area contributed by atoms with Gasteiger partial charge in [-0.05, 0) is 24.3 Å². The molecule has 1 fully saturated rings. The summed E-state index contributed by atoms with van der Waals surface area (Å²) in [6.45, 7) is 14.3. The van der Waals surface area contributed by atoms with Gasteiger partial charge in [0.2, 0.25) is 11.8 Å². The van der Waals surface area contributed by atoms with E-state index in [0.29, 0.717) is 24.3 Å². The number of hydrogen-bond donors (Lipinski definition) is 2. The van der Waals surface area contributed by atoms with Gasteiger partial charge in [-0.2, -0.15) is 10.1 Å². The number of morpholine rings is 1. The number of ether oxygens (including phenoxy) is 2. The zero-order valence-corrected chi connectivity index (χ0v) is 23.1. The number of nitrogens with one attached hydrogen (secondary N) is 2. The van der Waals surface area contributed by atoms with E-state index in [-0.39, 0.29) is 11.6 Å². The predicted molar refractivity (Wildman–Crippen MR) is 149 cm³/mol. The second-order valence-electron chi connectivity index (χ2n) is 8.28. The van der Waals surface area contributed by atoms with Crippen molar-refractivity contribution < 1.29 is 14.3 Å². The van der Waals surface area contributed by atoms with Crippen LogP contribution in [0.25, 0.3) is 10.6 Å². The van der Waals surface area contributed by atoms with Gasteiger partial charge in [0.1, 0.15) is 12.3 Å². The molecule has 0 aliphatic carbocycles. The van der Waals surface area contributed by atoms with Crippen LogP contribution in [0.3, 0.4) is 0 Å². The molecule has 0 bridgehead atoms. The van der Waals surface area contributed by atoms with E-state index in [0.717, 1.165) is 69.4 Å². The molecule has 202 valence electrons. The number of nitrogens with zero attached hydrogens (tertiary/aromatic N) is 5. The van der Waals surface area contributed by atoms with Crippen LogP contribution >= 0.6 is 11.3 Å². The molecule has 0 unspecified atom stereocenters. The van der Waals surface area contributed by atoms with Crippen LogP contribution in [0.4, 0.5) is 11.8 Å². The molecule has 3 aromatic rings. The monoisotopic (exact) mass is 529 g/mol. The molecule has 4 heterocycles. The number of aromatic nitrogens is 4. The Bertz CT molecular complexity index is 1060. The lowest BCUT2D eigenvalue weighted by molar-refractivity contribution is 0.0320. The Morgan fingerprint density at radius 2 is 1.95 bits per heavy atom. The maximum Gasteiger partial charge on any atom is 0.275 e. The van der Waals surface area contributed by atoms with Crippen LogP contribution in [0.2, 0.25) is 0 Å². The van der Waals surface area contributed by atoms with Crippen molar-refractivity contribution in [2.75, 3.05) is 62.8 Å². The third kappa shape index (κ3) is 8.51. The van der Waals surface area contributed by atoms with E-state index in [9.17, 15) is 4.79 Å². The fraction of sp³-hybridized carbons (Fsp3) is 0.538. The van der Waals surface area contributed by atoms with Crippen molar-refractivity contribution in [1.29, 1.82) is 0 Å².